The van der Waals surface area contributed by atoms with E-state index in [0.717, 1.165) is 21.2 Å². The number of methoxy groups -OCH3 is 3. The molecule has 8 heteroatoms. The third kappa shape index (κ3) is 7.54. The summed E-state index contributed by atoms with van der Waals surface area (Å²) in [6.45, 7) is 2.58. The highest BCUT2D eigenvalue weighted by Crippen LogP contribution is 2.43. The summed E-state index contributed by atoms with van der Waals surface area (Å²) in [6.07, 6.45) is 0. The Hall–Kier alpha value is -1.68. The Balaban J connectivity index is 2.31. The molecule has 2 aromatic rings. The van der Waals surface area contributed by atoms with Crippen LogP contribution in [-0.4, -0.2) is 61.3 Å². The first kappa shape index (κ1) is 24.6. The highest BCUT2D eigenvalue weighted by Gasteiger charge is 2.20. The Morgan fingerprint density at radius 1 is 0.733 bits per heavy atom. The largest absolute Gasteiger partial charge is 0.467 e. The Bertz CT molecular complexity index is 740. The van der Waals surface area contributed by atoms with Gasteiger partial charge in [0.05, 0.1) is 37.5 Å². The molecule has 0 aliphatic rings. The maximum atomic E-state index is 5.89. The van der Waals surface area contributed by atoms with Crippen molar-refractivity contribution in [2.75, 3.05) is 61.3 Å². The van der Waals surface area contributed by atoms with E-state index in [0.29, 0.717) is 44.5 Å². The van der Waals surface area contributed by atoms with Gasteiger partial charge in [-0.05, 0) is 21.5 Å². The smallest absolute Gasteiger partial charge is 0.188 e. The van der Waals surface area contributed by atoms with Crippen molar-refractivity contribution < 1.29 is 33.2 Å². The van der Waals surface area contributed by atoms with Crippen molar-refractivity contribution in [3.63, 3.8) is 0 Å². The monoisotopic (exact) mass is 484 g/mol. The summed E-state index contributed by atoms with van der Waals surface area (Å²) in [6, 6.07) is 11.8. The van der Waals surface area contributed by atoms with Gasteiger partial charge in [-0.25, -0.2) is 0 Å². The van der Waals surface area contributed by atoms with Crippen LogP contribution in [0.15, 0.2) is 40.9 Å². The van der Waals surface area contributed by atoms with Gasteiger partial charge in [0.15, 0.2) is 13.6 Å². The predicted octanol–water partition coefficient (Wildman–Crippen LogP) is 4.26. The maximum absolute atomic E-state index is 5.89. The highest BCUT2D eigenvalue weighted by molar-refractivity contribution is 9.10. The van der Waals surface area contributed by atoms with Crippen molar-refractivity contribution in [1.82, 2.24) is 0 Å². The van der Waals surface area contributed by atoms with Crippen LogP contribution < -0.4 is 9.47 Å². The molecular formula is C22H29BrO7. The van der Waals surface area contributed by atoms with Crippen LogP contribution in [-0.2, 0) is 30.3 Å². The van der Waals surface area contributed by atoms with E-state index >= 15 is 0 Å². The van der Waals surface area contributed by atoms with Crippen LogP contribution in [0, 0.1) is 0 Å². The fourth-order valence-electron chi connectivity index (χ4n) is 2.72. The van der Waals surface area contributed by atoms with E-state index < -0.39 is 0 Å². The van der Waals surface area contributed by atoms with Crippen molar-refractivity contribution >= 4 is 15.9 Å². The lowest BCUT2D eigenvalue weighted by Gasteiger charge is -2.20. The molecule has 0 fully saturated rings. The normalized spacial score (nSPS) is 10.9. The summed E-state index contributed by atoms with van der Waals surface area (Å²) in [5.74, 6) is 1.23. The van der Waals surface area contributed by atoms with Gasteiger partial charge in [-0.3, -0.25) is 0 Å². The molecule has 2 rings (SSSR count). The van der Waals surface area contributed by atoms with Crippen molar-refractivity contribution in [2.45, 2.75) is 6.61 Å². The quantitative estimate of drug-likeness (QED) is 0.276. The van der Waals surface area contributed by atoms with Gasteiger partial charge in [0.2, 0.25) is 0 Å². The molecule has 7 nitrogen and oxygen atoms in total. The molecule has 0 radical (unpaired) electrons. The number of benzene rings is 2. The lowest BCUT2D eigenvalue weighted by Crippen LogP contribution is -2.10. The number of hydrogen-bond acceptors (Lipinski definition) is 7. The fourth-order valence-corrected chi connectivity index (χ4v) is 3.26. The second-order valence-corrected chi connectivity index (χ2v) is 6.96. The third-order valence-electron chi connectivity index (χ3n) is 4.07. The fraction of sp³-hybridized carbons (Fsp3) is 0.455. The molecule has 0 saturated carbocycles. The van der Waals surface area contributed by atoms with Crippen molar-refractivity contribution in [3.8, 4) is 22.6 Å². The topological polar surface area (TPSA) is 64.6 Å². The minimum Gasteiger partial charge on any atom is -0.467 e. The standard InChI is InChI=1S/C22H29BrO7/c1-24-9-10-27-11-12-28-14-18-21(17-7-5-4-6-8-17)19(29-15-25-2)13-20(22(18)23)30-16-26-3/h4-8,13H,9-12,14-16H2,1-3H3. The first-order valence-corrected chi connectivity index (χ1v) is 10.3. The second-order valence-electron chi connectivity index (χ2n) is 6.17. The predicted molar refractivity (Wildman–Crippen MR) is 117 cm³/mol. The zero-order valence-electron chi connectivity index (χ0n) is 17.6. The maximum Gasteiger partial charge on any atom is 0.188 e. The van der Waals surface area contributed by atoms with E-state index in [4.69, 9.17) is 33.2 Å². The van der Waals surface area contributed by atoms with Crippen LogP contribution in [0.25, 0.3) is 11.1 Å². The van der Waals surface area contributed by atoms with Crippen LogP contribution >= 0.6 is 15.9 Å². The molecule has 166 valence electrons. The van der Waals surface area contributed by atoms with Gasteiger partial charge in [0, 0.05) is 38.5 Å². The van der Waals surface area contributed by atoms with Gasteiger partial charge in [-0.2, -0.15) is 0 Å². The van der Waals surface area contributed by atoms with Crippen molar-refractivity contribution in [3.05, 3.63) is 46.4 Å². The Labute approximate surface area is 186 Å². The molecule has 30 heavy (non-hydrogen) atoms. The molecule has 0 bridgehead atoms. The molecule has 0 aliphatic carbocycles. The Morgan fingerprint density at radius 3 is 2.03 bits per heavy atom. The van der Waals surface area contributed by atoms with Crippen LogP contribution in [0.5, 0.6) is 11.5 Å². The van der Waals surface area contributed by atoms with Gasteiger partial charge in [-0.1, -0.05) is 30.3 Å². The number of rotatable bonds is 15. The minimum absolute atomic E-state index is 0.110. The van der Waals surface area contributed by atoms with Gasteiger partial charge in [-0.15, -0.1) is 0 Å². The molecule has 0 aromatic heterocycles. The molecule has 0 atom stereocenters. The summed E-state index contributed by atoms with van der Waals surface area (Å²) >= 11 is 3.67. The van der Waals surface area contributed by atoms with E-state index in [9.17, 15) is 0 Å². The Morgan fingerprint density at radius 2 is 1.37 bits per heavy atom. The van der Waals surface area contributed by atoms with Crippen molar-refractivity contribution in [2.24, 2.45) is 0 Å². The zero-order chi connectivity index (χ0) is 21.6. The number of halogens is 1. The van der Waals surface area contributed by atoms with Gasteiger partial charge < -0.3 is 33.2 Å². The summed E-state index contributed by atoms with van der Waals surface area (Å²) in [5.41, 5.74) is 2.81. The van der Waals surface area contributed by atoms with Gasteiger partial charge in [0.25, 0.3) is 0 Å². The first-order chi connectivity index (χ1) is 14.7. The molecular weight excluding hydrogens is 456 g/mol. The lowest BCUT2D eigenvalue weighted by atomic mass is 9.98. The average molecular weight is 485 g/mol. The van der Waals surface area contributed by atoms with E-state index in [1.807, 2.05) is 36.4 Å². The third-order valence-corrected chi connectivity index (χ3v) is 4.94. The van der Waals surface area contributed by atoms with E-state index in [1.165, 1.54) is 0 Å². The minimum atomic E-state index is 0.110. The lowest BCUT2D eigenvalue weighted by molar-refractivity contribution is 0.0194. The summed E-state index contributed by atoms with van der Waals surface area (Å²) < 4.78 is 38.9. The highest BCUT2D eigenvalue weighted by atomic mass is 79.9. The molecule has 0 amide bonds. The van der Waals surface area contributed by atoms with Crippen LogP contribution in [0.4, 0.5) is 0 Å². The number of hydrogen-bond donors (Lipinski definition) is 0. The van der Waals surface area contributed by atoms with E-state index in [2.05, 4.69) is 15.9 Å². The molecule has 2 aromatic carbocycles. The average Bonchev–Trinajstić information content (AvgIpc) is 2.77. The van der Waals surface area contributed by atoms with E-state index in [1.54, 1.807) is 21.3 Å². The van der Waals surface area contributed by atoms with Gasteiger partial charge >= 0.3 is 0 Å². The number of ether oxygens (including phenoxy) is 7. The van der Waals surface area contributed by atoms with Crippen LogP contribution in [0.1, 0.15) is 5.56 Å². The van der Waals surface area contributed by atoms with Gasteiger partial charge in [0.1, 0.15) is 11.5 Å². The summed E-state index contributed by atoms with van der Waals surface area (Å²) in [7, 11) is 4.80. The zero-order valence-corrected chi connectivity index (χ0v) is 19.2. The van der Waals surface area contributed by atoms with E-state index in [-0.39, 0.29) is 13.6 Å². The molecule has 0 spiro atoms. The molecule has 0 unspecified atom stereocenters. The molecule has 0 saturated heterocycles. The Kier molecular flexibility index (Phi) is 11.8. The van der Waals surface area contributed by atoms with Crippen LogP contribution in [0.2, 0.25) is 0 Å². The molecule has 0 aliphatic heterocycles. The van der Waals surface area contributed by atoms with Crippen molar-refractivity contribution in [1.29, 1.82) is 0 Å². The summed E-state index contributed by atoms with van der Waals surface area (Å²) in [5, 5.41) is 0. The SMILES string of the molecule is COCCOCCOCc1c(Br)c(OCOC)cc(OCOC)c1-c1ccccc1. The molecule has 0 heterocycles. The summed E-state index contributed by atoms with van der Waals surface area (Å²) in [4.78, 5) is 0. The second kappa shape index (κ2) is 14.3. The van der Waals surface area contributed by atoms with Crippen LogP contribution in [0.3, 0.4) is 0 Å². The first-order valence-electron chi connectivity index (χ1n) is 9.51. The molecule has 0 N–H and O–H groups in total.